The van der Waals surface area contributed by atoms with Gasteiger partial charge in [-0.05, 0) is 43.4 Å². The summed E-state index contributed by atoms with van der Waals surface area (Å²) in [6, 6.07) is 3.88. The summed E-state index contributed by atoms with van der Waals surface area (Å²) >= 11 is 6.17. The van der Waals surface area contributed by atoms with E-state index in [1.165, 1.54) is 5.56 Å². The first kappa shape index (κ1) is 16.8. The summed E-state index contributed by atoms with van der Waals surface area (Å²) in [7, 11) is 0. The Labute approximate surface area is 162 Å². The molecule has 27 heavy (non-hydrogen) atoms. The fourth-order valence-electron chi connectivity index (χ4n) is 4.39. The third-order valence-electron chi connectivity index (χ3n) is 5.72. The molecule has 7 heteroatoms. The smallest absolute Gasteiger partial charge is 0.131 e. The average Bonchev–Trinajstić information content (AvgIpc) is 3.04. The molecule has 0 aromatic carbocycles. The van der Waals surface area contributed by atoms with E-state index in [2.05, 4.69) is 25.4 Å². The lowest BCUT2D eigenvalue weighted by molar-refractivity contribution is 0.380. The van der Waals surface area contributed by atoms with Crippen LogP contribution >= 0.6 is 11.6 Å². The predicted molar refractivity (Wildman–Crippen MR) is 103 cm³/mol. The molecule has 1 saturated carbocycles. The van der Waals surface area contributed by atoms with Gasteiger partial charge < -0.3 is 5.32 Å². The number of hydrogen-bond donors (Lipinski definition) is 2. The summed E-state index contributed by atoms with van der Waals surface area (Å²) in [5.74, 6) is 1.86. The summed E-state index contributed by atoms with van der Waals surface area (Å²) in [5, 5.41) is 12.1. The summed E-state index contributed by atoms with van der Waals surface area (Å²) in [4.78, 5) is 13.6. The fraction of sp³-hybridized carbons (Fsp3) is 0.400. The van der Waals surface area contributed by atoms with Crippen molar-refractivity contribution in [3.63, 3.8) is 0 Å². The molecule has 6 nitrogen and oxygen atoms in total. The second-order valence-electron chi connectivity index (χ2n) is 7.38. The van der Waals surface area contributed by atoms with Gasteiger partial charge in [-0.15, -0.1) is 0 Å². The van der Waals surface area contributed by atoms with E-state index in [1.807, 2.05) is 24.5 Å². The molecule has 0 amide bonds. The highest BCUT2D eigenvalue weighted by Crippen LogP contribution is 2.43. The van der Waals surface area contributed by atoms with Crippen molar-refractivity contribution in [3.8, 4) is 11.3 Å². The Balaban J connectivity index is 1.44. The largest absolute Gasteiger partial charge is 0.307 e. The minimum absolute atomic E-state index is 0.438. The van der Waals surface area contributed by atoms with E-state index < -0.39 is 0 Å². The van der Waals surface area contributed by atoms with Crippen molar-refractivity contribution in [2.75, 3.05) is 0 Å². The van der Waals surface area contributed by atoms with Crippen LogP contribution in [0.1, 0.15) is 60.3 Å². The van der Waals surface area contributed by atoms with Crippen LogP contribution in [-0.2, 0) is 13.1 Å². The van der Waals surface area contributed by atoms with Crippen LogP contribution in [0.25, 0.3) is 11.3 Å². The van der Waals surface area contributed by atoms with E-state index in [0.717, 1.165) is 67.2 Å². The van der Waals surface area contributed by atoms with Gasteiger partial charge in [-0.25, -0.2) is 9.97 Å². The van der Waals surface area contributed by atoms with Crippen molar-refractivity contribution in [2.45, 2.75) is 50.6 Å². The molecule has 1 aliphatic heterocycles. The van der Waals surface area contributed by atoms with Crippen molar-refractivity contribution in [1.29, 1.82) is 0 Å². The van der Waals surface area contributed by atoms with Crippen molar-refractivity contribution < 1.29 is 0 Å². The Hall–Kier alpha value is -2.31. The highest BCUT2D eigenvalue weighted by molar-refractivity contribution is 6.30. The number of nitrogens with one attached hydrogen (secondary N) is 2. The Morgan fingerprint density at radius 3 is 2.56 bits per heavy atom. The van der Waals surface area contributed by atoms with Gasteiger partial charge in [-0.2, -0.15) is 5.10 Å². The van der Waals surface area contributed by atoms with Crippen molar-refractivity contribution in [3.05, 3.63) is 58.5 Å². The van der Waals surface area contributed by atoms with E-state index in [0.29, 0.717) is 16.9 Å². The number of pyridine rings is 1. The molecule has 2 N–H and O–H groups in total. The summed E-state index contributed by atoms with van der Waals surface area (Å²) in [6.45, 7) is 1.53. The molecular formula is C20H21ClN6. The molecule has 0 atom stereocenters. The minimum Gasteiger partial charge on any atom is -0.307 e. The highest BCUT2D eigenvalue weighted by Gasteiger charge is 2.31. The van der Waals surface area contributed by atoms with Gasteiger partial charge in [-0.1, -0.05) is 11.6 Å². The summed E-state index contributed by atoms with van der Waals surface area (Å²) in [5.41, 5.74) is 5.59. The number of hydrogen-bond acceptors (Lipinski definition) is 5. The van der Waals surface area contributed by atoms with E-state index in [9.17, 15) is 0 Å². The number of aromatic amines is 1. The summed E-state index contributed by atoms with van der Waals surface area (Å²) < 4.78 is 0. The van der Waals surface area contributed by atoms with Crippen LogP contribution in [0.2, 0.25) is 5.02 Å². The molecule has 3 aromatic heterocycles. The predicted octanol–water partition coefficient (Wildman–Crippen LogP) is 3.96. The van der Waals surface area contributed by atoms with Gasteiger partial charge in [0.25, 0.3) is 0 Å². The average molecular weight is 381 g/mol. The van der Waals surface area contributed by atoms with E-state index in [-0.39, 0.29) is 0 Å². The first-order valence-electron chi connectivity index (χ1n) is 9.49. The molecule has 4 heterocycles. The van der Waals surface area contributed by atoms with Crippen LogP contribution in [0, 0.1) is 0 Å². The number of H-pyrrole nitrogens is 1. The molecule has 138 valence electrons. The van der Waals surface area contributed by atoms with Crippen LogP contribution in [0.3, 0.4) is 0 Å². The van der Waals surface area contributed by atoms with Crippen molar-refractivity contribution in [2.24, 2.45) is 0 Å². The lowest BCUT2D eigenvalue weighted by Crippen LogP contribution is -2.15. The Kier molecular flexibility index (Phi) is 4.38. The van der Waals surface area contributed by atoms with Gasteiger partial charge in [0.2, 0.25) is 0 Å². The van der Waals surface area contributed by atoms with Crippen LogP contribution in [0.4, 0.5) is 0 Å². The molecule has 5 rings (SSSR count). The maximum Gasteiger partial charge on any atom is 0.131 e. The number of nitrogens with zero attached hydrogens (tertiary/aromatic N) is 4. The van der Waals surface area contributed by atoms with Gasteiger partial charge in [0.1, 0.15) is 5.82 Å². The van der Waals surface area contributed by atoms with E-state index >= 15 is 0 Å². The number of aromatic nitrogens is 5. The van der Waals surface area contributed by atoms with Crippen molar-refractivity contribution in [1.82, 2.24) is 30.5 Å². The molecule has 1 fully saturated rings. The Bertz CT molecular complexity index is 946. The minimum atomic E-state index is 0.438. The zero-order valence-electron chi connectivity index (χ0n) is 15.0. The quantitative estimate of drug-likeness (QED) is 0.703. The third-order valence-corrected chi connectivity index (χ3v) is 5.93. The third kappa shape index (κ3) is 3.13. The molecule has 0 unspecified atom stereocenters. The zero-order chi connectivity index (χ0) is 18.2. The molecule has 0 bridgehead atoms. The second kappa shape index (κ2) is 7.02. The van der Waals surface area contributed by atoms with Gasteiger partial charge in [-0.3, -0.25) is 10.1 Å². The maximum atomic E-state index is 6.17. The second-order valence-corrected chi connectivity index (χ2v) is 7.82. The molecule has 2 aliphatic rings. The molecule has 1 aliphatic carbocycles. The van der Waals surface area contributed by atoms with Crippen molar-refractivity contribution >= 4 is 11.6 Å². The maximum absolute atomic E-state index is 6.17. The first-order chi connectivity index (χ1) is 13.3. The molecule has 0 spiro atoms. The molecule has 0 saturated heterocycles. The van der Waals surface area contributed by atoms with Gasteiger partial charge in [0, 0.05) is 49.1 Å². The van der Waals surface area contributed by atoms with Gasteiger partial charge >= 0.3 is 0 Å². The highest BCUT2D eigenvalue weighted by atomic mass is 35.5. The normalized spacial score (nSPS) is 22.0. The van der Waals surface area contributed by atoms with Crippen LogP contribution in [0.5, 0.6) is 0 Å². The van der Waals surface area contributed by atoms with E-state index in [1.54, 1.807) is 6.20 Å². The number of rotatable bonds is 2. The monoisotopic (exact) mass is 380 g/mol. The Morgan fingerprint density at radius 2 is 1.74 bits per heavy atom. The van der Waals surface area contributed by atoms with Crippen LogP contribution < -0.4 is 5.32 Å². The fourth-order valence-corrected chi connectivity index (χ4v) is 4.57. The lowest BCUT2D eigenvalue weighted by atomic mass is 9.78. The number of halogens is 1. The lowest BCUT2D eigenvalue weighted by Gasteiger charge is -2.27. The Morgan fingerprint density at radius 1 is 0.963 bits per heavy atom. The molecule has 3 aromatic rings. The topological polar surface area (TPSA) is 79.4 Å². The zero-order valence-corrected chi connectivity index (χ0v) is 15.7. The standard InChI is InChI=1S/C20H21ClN6/c21-15-8-14-9-22-11-16-17(18(14)25-10-15)19(27-26-16)12-2-4-13(5-3-12)20-23-6-1-7-24-20/h1,6-8,10,12-13,22H,2-5,9,11H2,(H,26,27). The molecule has 0 radical (unpaired) electrons. The summed E-state index contributed by atoms with van der Waals surface area (Å²) in [6.07, 6.45) is 9.78. The molecular weight excluding hydrogens is 360 g/mol. The first-order valence-corrected chi connectivity index (χ1v) is 9.87. The van der Waals surface area contributed by atoms with Crippen LogP contribution in [-0.4, -0.2) is 25.1 Å². The van der Waals surface area contributed by atoms with Crippen LogP contribution in [0.15, 0.2) is 30.7 Å². The van der Waals surface area contributed by atoms with Gasteiger partial charge in [0.15, 0.2) is 0 Å². The van der Waals surface area contributed by atoms with E-state index in [4.69, 9.17) is 16.7 Å². The van der Waals surface area contributed by atoms with Gasteiger partial charge in [0.05, 0.1) is 22.1 Å². The SMILES string of the molecule is Clc1cnc2c(c1)CNCc1[nH]nc(C3CCC(c4ncccn4)CC3)c1-2. The number of fused-ring (bicyclic) bond motifs is 3.